The number of Topliss-reactive ketones (excluding diaryl/α,β-unsaturated/α-hetero) is 1. The second kappa shape index (κ2) is 9.62. The van der Waals surface area contributed by atoms with Crippen molar-refractivity contribution in [2.45, 2.75) is 24.2 Å². The number of hydrogen-bond acceptors (Lipinski definition) is 5. The van der Waals surface area contributed by atoms with Gasteiger partial charge >= 0.3 is 6.09 Å². The van der Waals surface area contributed by atoms with E-state index in [1.807, 2.05) is 12.1 Å². The van der Waals surface area contributed by atoms with Crippen molar-refractivity contribution in [3.63, 3.8) is 0 Å². The van der Waals surface area contributed by atoms with E-state index in [1.54, 1.807) is 41.3 Å². The number of nitrogens with zero attached hydrogens (tertiary/aromatic N) is 1. The number of fused-ring (bicyclic) bond motifs is 1. The summed E-state index contributed by atoms with van der Waals surface area (Å²) < 4.78 is 11.4. The second-order valence-corrected chi connectivity index (χ2v) is 8.76. The Hall–Kier alpha value is -2.70. The molecule has 1 amide bonds. The number of carbonyl (C=O) groups is 2. The van der Waals surface area contributed by atoms with Crippen LogP contribution in [0, 0.1) is 0 Å². The Morgan fingerprint density at radius 3 is 2.68 bits per heavy atom. The summed E-state index contributed by atoms with van der Waals surface area (Å²) in [4.78, 5) is 28.7. The van der Waals surface area contributed by atoms with E-state index in [-0.39, 0.29) is 18.5 Å². The molecule has 0 N–H and O–H groups in total. The van der Waals surface area contributed by atoms with E-state index in [9.17, 15) is 9.59 Å². The van der Waals surface area contributed by atoms with Gasteiger partial charge in [0, 0.05) is 18.1 Å². The lowest BCUT2D eigenvalue weighted by Crippen LogP contribution is -2.37. The summed E-state index contributed by atoms with van der Waals surface area (Å²) in [6, 6.07) is 10.6. The topological polar surface area (TPSA) is 55.8 Å². The standard InChI is InChI=1S/C24H22ClNO4S/c1-2-13-29-18-9-10-19(30-24(28)26-11-4-3-5-12-26)23-21(18)22(27)20(31-23)15-16-7-6-8-17(25)14-16/h2,6-10,14-15H,1,3-5,11-13H2/b20-15-. The minimum absolute atomic E-state index is 0.171. The van der Waals surface area contributed by atoms with Crippen molar-refractivity contribution in [2.24, 2.45) is 0 Å². The molecule has 0 saturated carbocycles. The molecule has 4 rings (SSSR count). The normalized spacial score (nSPS) is 16.9. The summed E-state index contributed by atoms with van der Waals surface area (Å²) in [6.07, 6.45) is 6.08. The fraction of sp³-hybridized carbons (Fsp3) is 0.250. The van der Waals surface area contributed by atoms with Gasteiger partial charge < -0.3 is 14.4 Å². The third kappa shape index (κ3) is 4.81. The zero-order chi connectivity index (χ0) is 21.8. The van der Waals surface area contributed by atoms with Crippen molar-refractivity contribution in [2.75, 3.05) is 19.7 Å². The highest BCUT2D eigenvalue weighted by molar-refractivity contribution is 8.05. The summed E-state index contributed by atoms with van der Waals surface area (Å²) in [5, 5.41) is 0.591. The average Bonchev–Trinajstić information content (AvgIpc) is 3.10. The van der Waals surface area contributed by atoms with Crippen molar-refractivity contribution in [3.05, 3.63) is 70.1 Å². The quantitative estimate of drug-likeness (QED) is 0.395. The van der Waals surface area contributed by atoms with E-state index in [1.165, 1.54) is 11.8 Å². The molecule has 2 aliphatic rings. The highest BCUT2D eigenvalue weighted by atomic mass is 35.5. The molecule has 31 heavy (non-hydrogen) atoms. The molecule has 0 atom stereocenters. The first kappa shape index (κ1) is 21.5. The lowest BCUT2D eigenvalue weighted by atomic mass is 10.1. The number of rotatable bonds is 5. The van der Waals surface area contributed by atoms with Crippen LogP contribution in [-0.4, -0.2) is 36.5 Å². The third-order valence-corrected chi connectivity index (χ3v) is 6.43. The first-order valence-electron chi connectivity index (χ1n) is 10.1. The predicted molar refractivity (Wildman–Crippen MR) is 123 cm³/mol. The Kier molecular flexibility index (Phi) is 6.68. The third-order valence-electron chi connectivity index (χ3n) is 5.06. The van der Waals surface area contributed by atoms with Crippen LogP contribution < -0.4 is 9.47 Å². The maximum absolute atomic E-state index is 13.2. The number of amides is 1. The number of benzene rings is 2. The predicted octanol–water partition coefficient (Wildman–Crippen LogP) is 6.22. The number of likely N-dealkylation sites (tertiary alicyclic amines) is 1. The fourth-order valence-electron chi connectivity index (χ4n) is 3.57. The van der Waals surface area contributed by atoms with E-state index in [0.717, 1.165) is 24.8 Å². The van der Waals surface area contributed by atoms with Crippen molar-refractivity contribution in [3.8, 4) is 11.5 Å². The van der Waals surface area contributed by atoms with E-state index in [4.69, 9.17) is 21.1 Å². The highest BCUT2D eigenvalue weighted by Crippen LogP contribution is 2.49. The molecular weight excluding hydrogens is 434 g/mol. The smallest absolute Gasteiger partial charge is 0.415 e. The van der Waals surface area contributed by atoms with Crippen LogP contribution in [0.1, 0.15) is 35.2 Å². The van der Waals surface area contributed by atoms with Gasteiger partial charge in [-0.3, -0.25) is 4.79 Å². The van der Waals surface area contributed by atoms with Gasteiger partial charge in [-0.1, -0.05) is 48.2 Å². The van der Waals surface area contributed by atoms with Crippen molar-refractivity contribution in [1.82, 2.24) is 4.90 Å². The number of thioether (sulfide) groups is 1. The summed E-state index contributed by atoms with van der Waals surface area (Å²) >= 11 is 7.36. The molecule has 2 aliphatic heterocycles. The summed E-state index contributed by atoms with van der Waals surface area (Å²) in [5.41, 5.74) is 1.22. The van der Waals surface area contributed by atoms with Crippen LogP contribution in [0.5, 0.6) is 11.5 Å². The summed E-state index contributed by atoms with van der Waals surface area (Å²) in [7, 11) is 0. The van der Waals surface area contributed by atoms with E-state index in [2.05, 4.69) is 6.58 Å². The van der Waals surface area contributed by atoms with E-state index >= 15 is 0 Å². The molecule has 0 aromatic heterocycles. The van der Waals surface area contributed by atoms with Crippen LogP contribution in [0.25, 0.3) is 6.08 Å². The second-order valence-electron chi connectivity index (χ2n) is 7.28. The van der Waals surface area contributed by atoms with Gasteiger partial charge in [0.2, 0.25) is 5.78 Å². The Morgan fingerprint density at radius 1 is 1.16 bits per heavy atom. The van der Waals surface area contributed by atoms with Crippen molar-refractivity contribution < 1.29 is 19.1 Å². The highest BCUT2D eigenvalue weighted by Gasteiger charge is 2.34. The molecular formula is C24H22ClNO4S. The SMILES string of the molecule is C=CCOc1ccc(OC(=O)N2CCCCC2)c2c1C(=O)/C(=C/c1cccc(Cl)c1)S2. The molecule has 0 spiro atoms. The summed E-state index contributed by atoms with van der Waals surface area (Å²) in [6.45, 7) is 5.31. The van der Waals surface area contributed by atoms with Crippen molar-refractivity contribution >= 4 is 41.3 Å². The zero-order valence-corrected chi connectivity index (χ0v) is 18.5. The van der Waals surface area contributed by atoms with E-state index < -0.39 is 0 Å². The summed E-state index contributed by atoms with van der Waals surface area (Å²) in [5.74, 6) is 0.638. The van der Waals surface area contributed by atoms with Crippen LogP contribution in [0.3, 0.4) is 0 Å². The maximum Gasteiger partial charge on any atom is 0.415 e. The molecule has 2 aromatic rings. The van der Waals surface area contributed by atoms with Crippen molar-refractivity contribution in [1.29, 1.82) is 0 Å². The Morgan fingerprint density at radius 2 is 1.94 bits per heavy atom. The Bertz CT molecular complexity index is 1060. The minimum atomic E-state index is -0.387. The number of ether oxygens (including phenoxy) is 2. The molecule has 0 aliphatic carbocycles. The Labute approximate surface area is 190 Å². The van der Waals surface area contributed by atoms with Gasteiger partial charge in [-0.15, -0.1) is 0 Å². The molecule has 0 bridgehead atoms. The van der Waals surface area contributed by atoms with Gasteiger partial charge in [0.15, 0.2) is 0 Å². The molecule has 2 heterocycles. The van der Waals surface area contributed by atoms with Crippen LogP contribution in [0.4, 0.5) is 4.79 Å². The van der Waals surface area contributed by atoms with Gasteiger partial charge in [-0.05, 0) is 55.2 Å². The molecule has 0 unspecified atom stereocenters. The van der Waals surface area contributed by atoms with Crippen LogP contribution in [0.15, 0.2) is 58.9 Å². The lowest BCUT2D eigenvalue weighted by molar-refractivity contribution is 0.103. The van der Waals surface area contributed by atoms with Gasteiger partial charge in [0.05, 0.1) is 15.4 Å². The van der Waals surface area contributed by atoms with Gasteiger partial charge in [0.1, 0.15) is 18.1 Å². The molecule has 5 nitrogen and oxygen atoms in total. The molecule has 1 fully saturated rings. The molecule has 7 heteroatoms. The number of allylic oxidation sites excluding steroid dienone is 1. The van der Waals surface area contributed by atoms with Gasteiger partial charge in [0.25, 0.3) is 0 Å². The van der Waals surface area contributed by atoms with Crippen LogP contribution in [-0.2, 0) is 0 Å². The Balaban J connectivity index is 1.67. The molecule has 160 valence electrons. The van der Waals surface area contributed by atoms with Gasteiger partial charge in [-0.2, -0.15) is 0 Å². The average molecular weight is 456 g/mol. The number of carbonyl (C=O) groups excluding carboxylic acids is 2. The molecule has 0 radical (unpaired) electrons. The maximum atomic E-state index is 13.2. The number of hydrogen-bond donors (Lipinski definition) is 0. The first-order valence-corrected chi connectivity index (χ1v) is 11.3. The number of halogens is 1. The van der Waals surface area contributed by atoms with Gasteiger partial charge in [-0.25, -0.2) is 4.79 Å². The number of ketones is 1. The first-order chi connectivity index (χ1) is 15.1. The fourth-order valence-corrected chi connectivity index (χ4v) is 4.88. The lowest BCUT2D eigenvalue weighted by Gasteiger charge is -2.26. The molecule has 2 aromatic carbocycles. The zero-order valence-electron chi connectivity index (χ0n) is 16.9. The number of piperidine rings is 1. The monoisotopic (exact) mass is 455 g/mol. The van der Waals surface area contributed by atoms with Crippen LogP contribution >= 0.6 is 23.4 Å². The largest absolute Gasteiger partial charge is 0.489 e. The minimum Gasteiger partial charge on any atom is -0.489 e. The molecule has 1 saturated heterocycles. The van der Waals surface area contributed by atoms with E-state index in [0.29, 0.717) is 45.0 Å². The van der Waals surface area contributed by atoms with Crippen LogP contribution in [0.2, 0.25) is 5.02 Å².